The van der Waals surface area contributed by atoms with E-state index in [1.807, 2.05) is 38.1 Å². The SMILES string of the molecule is CC(=O)Nc1cccc(C(C)NC(C)c2ccc(F)c(F)c2)c1. The van der Waals surface area contributed by atoms with Crippen LogP contribution in [0.5, 0.6) is 0 Å². The van der Waals surface area contributed by atoms with Gasteiger partial charge in [-0.25, -0.2) is 8.78 Å². The first-order chi connectivity index (χ1) is 10.9. The lowest BCUT2D eigenvalue weighted by atomic mass is 10.0. The summed E-state index contributed by atoms with van der Waals surface area (Å²) in [5, 5.41) is 6.08. The molecule has 3 nitrogen and oxygen atoms in total. The second kappa shape index (κ2) is 7.33. The summed E-state index contributed by atoms with van der Waals surface area (Å²) in [4.78, 5) is 11.1. The molecule has 5 heteroatoms. The summed E-state index contributed by atoms with van der Waals surface area (Å²) in [5.41, 5.74) is 2.39. The molecule has 0 aliphatic rings. The maximum atomic E-state index is 13.3. The van der Waals surface area contributed by atoms with Gasteiger partial charge in [-0.2, -0.15) is 0 Å². The fourth-order valence-corrected chi connectivity index (χ4v) is 2.44. The summed E-state index contributed by atoms with van der Waals surface area (Å²) in [6.45, 7) is 5.32. The number of halogens is 2. The van der Waals surface area contributed by atoms with Gasteiger partial charge in [-0.05, 0) is 49.2 Å². The lowest BCUT2D eigenvalue weighted by Gasteiger charge is -2.21. The highest BCUT2D eigenvalue weighted by atomic mass is 19.2. The fraction of sp³-hybridized carbons (Fsp3) is 0.278. The second-order valence-corrected chi connectivity index (χ2v) is 5.59. The van der Waals surface area contributed by atoms with Gasteiger partial charge in [0.25, 0.3) is 0 Å². The number of carbonyl (C=O) groups is 1. The molecule has 0 fully saturated rings. The number of hydrogen-bond donors (Lipinski definition) is 2. The molecule has 2 unspecified atom stereocenters. The van der Waals surface area contributed by atoms with Gasteiger partial charge in [0.05, 0.1) is 0 Å². The molecule has 2 atom stereocenters. The zero-order chi connectivity index (χ0) is 17.0. The van der Waals surface area contributed by atoms with Crippen LogP contribution in [0.2, 0.25) is 0 Å². The van der Waals surface area contributed by atoms with Crippen molar-refractivity contribution in [2.24, 2.45) is 0 Å². The van der Waals surface area contributed by atoms with Crippen LogP contribution in [0.15, 0.2) is 42.5 Å². The second-order valence-electron chi connectivity index (χ2n) is 5.59. The first-order valence-electron chi connectivity index (χ1n) is 7.45. The van der Waals surface area contributed by atoms with E-state index in [-0.39, 0.29) is 18.0 Å². The van der Waals surface area contributed by atoms with Crippen molar-refractivity contribution in [1.29, 1.82) is 0 Å². The van der Waals surface area contributed by atoms with Gasteiger partial charge in [0, 0.05) is 24.7 Å². The average Bonchev–Trinajstić information content (AvgIpc) is 2.49. The highest BCUT2D eigenvalue weighted by Gasteiger charge is 2.13. The predicted octanol–water partition coefficient (Wildman–Crippen LogP) is 4.34. The first-order valence-corrected chi connectivity index (χ1v) is 7.45. The van der Waals surface area contributed by atoms with Gasteiger partial charge in [-0.3, -0.25) is 4.79 Å². The summed E-state index contributed by atoms with van der Waals surface area (Å²) in [6, 6.07) is 11.2. The van der Waals surface area contributed by atoms with Crippen molar-refractivity contribution in [1.82, 2.24) is 5.32 Å². The first kappa shape index (κ1) is 17.1. The molecule has 2 aromatic rings. The standard InChI is InChI=1S/C18H20F2N2O/c1-11(14-5-4-6-16(9-14)22-13(3)23)21-12(2)15-7-8-17(19)18(20)10-15/h4-12,21H,1-3H3,(H,22,23). The number of nitrogens with one attached hydrogen (secondary N) is 2. The monoisotopic (exact) mass is 318 g/mol. The van der Waals surface area contributed by atoms with E-state index in [1.54, 1.807) is 6.07 Å². The molecule has 0 aliphatic heterocycles. The van der Waals surface area contributed by atoms with Crippen molar-refractivity contribution < 1.29 is 13.6 Å². The van der Waals surface area contributed by atoms with Crippen molar-refractivity contribution in [3.05, 3.63) is 65.2 Å². The van der Waals surface area contributed by atoms with E-state index in [2.05, 4.69) is 10.6 Å². The zero-order valence-corrected chi connectivity index (χ0v) is 13.4. The quantitative estimate of drug-likeness (QED) is 0.861. The third kappa shape index (κ3) is 4.60. The van der Waals surface area contributed by atoms with Crippen LogP contribution < -0.4 is 10.6 Å². The minimum absolute atomic E-state index is 0.0215. The zero-order valence-electron chi connectivity index (χ0n) is 13.4. The minimum atomic E-state index is -0.851. The minimum Gasteiger partial charge on any atom is -0.326 e. The van der Waals surface area contributed by atoms with Gasteiger partial charge in [0.1, 0.15) is 0 Å². The molecule has 23 heavy (non-hydrogen) atoms. The van der Waals surface area contributed by atoms with Gasteiger partial charge < -0.3 is 10.6 Å². The topological polar surface area (TPSA) is 41.1 Å². The van der Waals surface area contributed by atoms with Crippen LogP contribution in [0, 0.1) is 11.6 Å². The van der Waals surface area contributed by atoms with E-state index in [9.17, 15) is 13.6 Å². The Bertz CT molecular complexity index is 703. The third-order valence-electron chi connectivity index (χ3n) is 3.65. The van der Waals surface area contributed by atoms with E-state index in [1.165, 1.54) is 13.0 Å². The van der Waals surface area contributed by atoms with E-state index in [0.29, 0.717) is 5.56 Å². The molecule has 0 aromatic heterocycles. The molecule has 1 amide bonds. The molecule has 0 saturated carbocycles. The maximum absolute atomic E-state index is 13.3. The van der Waals surface area contributed by atoms with E-state index < -0.39 is 11.6 Å². The summed E-state index contributed by atoms with van der Waals surface area (Å²) in [5.74, 6) is -1.83. The molecule has 2 rings (SSSR count). The van der Waals surface area contributed by atoms with Crippen LogP contribution in [0.25, 0.3) is 0 Å². The van der Waals surface area contributed by atoms with Crippen molar-refractivity contribution in [3.63, 3.8) is 0 Å². The Balaban J connectivity index is 2.09. The van der Waals surface area contributed by atoms with E-state index in [0.717, 1.165) is 17.3 Å². The molecular formula is C18H20F2N2O. The van der Waals surface area contributed by atoms with E-state index >= 15 is 0 Å². The van der Waals surface area contributed by atoms with Crippen LogP contribution >= 0.6 is 0 Å². The molecule has 0 bridgehead atoms. The maximum Gasteiger partial charge on any atom is 0.221 e. The van der Waals surface area contributed by atoms with Crippen molar-refractivity contribution in [2.75, 3.05) is 5.32 Å². The fourth-order valence-electron chi connectivity index (χ4n) is 2.44. The number of hydrogen-bond acceptors (Lipinski definition) is 2. The van der Waals surface area contributed by atoms with Gasteiger partial charge in [0.15, 0.2) is 11.6 Å². The molecule has 2 N–H and O–H groups in total. The van der Waals surface area contributed by atoms with Gasteiger partial charge in [-0.15, -0.1) is 0 Å². The third-order valence-corrected chi connectivity index (χ3v) is 3.65. The Labute approximate surface area is 134 Å². The molecule has 0 heterocycles. The van der Waals surface area contributed by atoms with Crippen LogP contribution in [0.3, 0.4) is 0 Å². The number of amides is 1. The summed E-state index contributed by atoms with van der Waals surface area (Å²) in [7, 11) is 0. The lowest BCUT2D eigenvalue weighted by molar-refractivity contribution is -0.114. The Hall–Kier alpha value is -2.27. The predicted molar refractivity (Wildman–Crippen MR) is 87.1 cm³/mol. The van der Waals surface area contributed by atoms with Crippen LogP contribution in [0.1, 0.15) is 44.0 Å². The van der Waals surface area contributed by atoms with Crippen LogP contribution in [0.4, 0.5) is 14.5 Å². The summed E-state index contributed by atoms with van der Waals surface area (Å²) >= 11 is 0. The van der Waals surface area contributed by atoms with E-state index in [4.69, 9.17) is 0 Å². The van der Waals surface area contributed by atoms with Crippen LogP contribution in [-0.2, 0) is 4.79 Å². The van der Waals surface area contributed by atoms with Gasteiger partial charge in [0.2, 0.25) is 5.91 Å². The molecule has 2 aromatic carbocycles. The summed E-state index contributed by atoms with van der Waals surface area (Å²) in [6.07, 6.45) is 0. The molecule has 0 aliphatic carbocycles. The Morgan fingerprint density at radius 3 is 2.22 bits per heavy atom. The number of rotatable bonds is 5. The Kier molecular flexibility index (Phi) is 5.45. The smallest absolute Gasteiger partial charge is 0.221 e. The molecule has 0 saturated heterocycles. The normalized spacial score (nSPS) is 13.4. The Morgan fingerprint density at radius 2 is 1.61 bits per heavy atom. The highest BCUT2D eigenvalue weighted by Crippen LogP contribution is 2.22. The van der Waals surface area contributed by atoms with Gasteiger partial charge in [-0.1, -0.05) is 18.2 Å². The number of anilines is 1. The van der Waals surface area contributed by atoms with Crippen molar-refractivity contribution in [2.45, 2.75) is 32.9 Å². The van der Waals surface area contributed by atoms with Crippen molar-refractivity contribution in [3.8, 4) is 0 Å². The largest absolute Gasteiger partial charge is 0.326 e. The van der Waals surface area contributed by atoms with Crippen molar-refractivity contribution >= 4 is 11.6 Å². The lowest BCUT2D eigenvalue weighted by Crippen LogP contribution is -2.22. The molecule has 0 spiro atoms. The molecule has 0 radical (unpaired) electrons. The average molecular weight is 318 g/mol. The Morgan fingerprint density at radius 1 is 0.957 bits per heavy atom. The van der Waals surface area contributed by atoms with Crippen LogP contribution in [-0.4, -0.2) is 5.91 Å². The molecular weight excluding hydrogens is 298 g/mol. The number of benzene rings is 2. The number of carbonyl (C=O) groups excluding carboxylic acids is 1. The molecule has 122 valence electrons. The van der Waals surface area contributed by atoms with Gasteiger partial charge >= 0.3 is 0 Å². The summed E-state index contributed by atoms with van der Waals surface area (Å²) < 4.78 is 26.3. The highest BCUT2D eigenvalue weighted by molar-refractivity contribution is 5.88.